The Balaban J connectivity index is 2.49. The lowest BCUT2D eigenvalue weighted by molar-refractivity contribution is -0.121. The van der Waals surface area contributed by atoms with Gasteiger partial charge in [0.15, 0.2) is 0 Å². The maximum atomic E-state index is 11.7. The molecule has 1 unspecified atom stereocenters. The molecule has 4 N–H and O–H groups in total. The second-order valence-corrected chi connectivity index (χ2v) is 4.39. The summed E-state index contributed by atoms with van der Waals surface area (Å²) >= 11 is 4.81. The second-order valence-electron chi connectivity index (χ2n) is 3.95. The maximum absolute atomic E-state index is 11.7. The van der Waals surface area contributed by atoms with Gasteiger partial charge in [0.25, 0.3) is 0 Å². The van der Waals surface area contributed by atoms with Crippen LogP contribution >= 0.6 is 12.2 Å². The van der Waals surface area contributed by atoms with Gasteiger partial charge in [-0.25, -0.2) is 0 Å². The highest BCUT2D eigenvalue weighted by molar-refractivity contribution is 7.80. The van der Waals surface area contributed by atoms with Crippen LogP contribution in [0.5, 0.6) is 0 Å². The van der Waals surface area contributed by atoms with Gasteiger partial charge < -0.3 is 21.1 Å². The van der Waals surface area contributed by atoms with E-state index < -0.39 is 0 Å². The summed E-state index contributed by atoms with van der Waals surface area (Å²) in [5, 5.41) is 5.78. The first-order valence-corrected chi connectivity index (χ1v) is 6.24. The van der Waals surface area contributed by atoms with Crippen molar-refractivity contribution in [2.45, 2.75) is 13.0 Å². The Labute approximate surface area is 117 Å². The zero-order valence-electron chi connectivity index (χ0n) is 11.0. The predicted octanol–water partition coefficient (Wildman–Crippen LogP) is 0.279. The van der Waals surface area contributed by atoms with Gasteiger partial charge >= 0.3 is 0 Å². The van der Waals surface area contributed by atoms with Crippen molar-refractivity contribution in [3.05, 3.63) is 24.0 Å². The molecule has 0 aliphatic carbocycles. The third kappa shape index (κ3) is 5.19. The molecule has 1 heterocycles. The topological polar surface area (TPSA) is 89.3 Å². The highest BCUT2D eigenvalue weighted by atomic mass is 32.1. The molecule has 0 radical (unpaired) electrons. The number of amides is 1. The summed E-state index contributed by atoms with van der Waals surface area (Å²) in [6.07, 6.45) is 1.59. The fourth-order valence-electron chi connectivity index (χ4n) is 1.37. The van der Waals surface area contributed by atoms with E-state index in [1.807, 2.05) is 0 Å². The van der Waals surface area contributed by atoms with Gasteiger partial charge in [0, 0.05) is 13.7 Å². The van der Waals surface area contributed by atoms with Crippen LogP contribution in [0.15, 0.2) is 18.3 Å². The molecule has 0 aliphatic heterocycles. The Morgan fingerprint density at radius 2 is 2.32 bits per heavy atom. The molecule has 1 amide bonds. The zero-order valence-corrected chi connectivity index (χ0v) is 11.8. The minimum atomic E-state index is -0.366. The molecule has 1 rings (SSSR count). The van der Waals surface area contributed by atoms with Crippen molar-refractivity contribution in [3.8, 4) is 0 Å². The van der Waals surface area contributed by atoms with E-state index in [2.05, 4.69) is 15.6 Å². The van der Waals surface area contributed by atoms with E-state index in [-0.39, 0.29) is 16.9 Å². The zero-order chi connectivity index (χ0) is 14.3. The number of nitrogens with one attached hydrogen (secondary N) is 2. The van der Waals surface area contributed by atoms with Gasteiger partial charge in [0.1, 0.15) is 11.0 Å². The van der Waals surface area contributed by atoms with Crippen LogP contribution in [0.1, 0.15) is 12.6 Å². The van der Waals surface area contributed by atoms with Gasteiger partial charge in [-0.2, -0.15) is 0 Å². The fraction of sp³-hybridized carbons (Fsp3) is 0.417. The molecule has 1 aromatic rings. The molecule has 0 saturated heterocycles. The Bertz CT molecular complexity index is 436. The first-order valence-electron chi connectivity index (χ1n) is 5.83. The van der Waals surface area contributed by atoms with Gasteiger partial charge in [-0.3, -0.25) is 9.78 Å². The van der Waals surface area contributed by atoms with Crippen molar-refractivity contribution in [2.24, 2.45) is 5.73 Å². The van der Waals surface area contributed by atoms with E-state index in [0.717, 1.165) is 5.69 Å². The first-order chi connectivity index (χ1) is 9.04. The normalized spacial score (nSPS) is 11.7. The lowest BCUT2D eigenvalue weighted by atomic mass is 10.2. The number of ether oxygens (including phenoxy) is 1. The van der Waals surface area contributed by atoms with Crippen molar-refractivity contribution < 1.29 is 9.53 Å². The van der Waals surface area contributed by atoms with E-state index in [4.69, 9.17) is 22.7 Å². The minimum Gasteiger partial charge on any atom is -0.388 e. The predicted molar refractivity (Wildman–Crippen MR) is 78.1 cm³/mol. The molecule has 0 fully saturated rings. The van der Waals surface area contributed by atoms with Crippen LogP contribution in [-0.4, -0.2) is 42.2 Å². The smallest absolute Gasteiger partial charge is 0.242 e. The minimum absolute atomic E-state index is 0.101. The SMILES string of the molecule is COCCNC(=O)C(C)Nc1ccc(C(N)=S)nc1. The monoisotopic (exact) mass is 282 g/mol. The molecule has 0 bridgehead atoms. The maximum Gasteiger partial charge on any atom is 0.242 e. The van der Waals surface area contributed by atoms with Crippen LogP contribution < -0.4 is 16.4 Å². The number of hydrogen-bond acceptors (Lipinski definition) is 5. The number of aromatic nitrogens is 1. The summed E-state index contributed by atoms with van der Waals surface area (Å²) < 4.78 is 4.86. The van der Waals surface area contributed by atoms with Crippen molar-refractivity contribution in [1.29, 1.82) is 0 Å². The van der Waals surface area contributed by atoms with Crippen molar-refractivity contribution in [3.63, 3.8) is 0 Å². The third-order valence-electron chi connectivity index (χ3n) is 2.40. The number of rotatable bonds is 7. The van der Waals surface area contributed by atoms with E-state index in [0.29, 0.717) is 18.8 Å². The highest BCUT2D eigenvalue weighted by Crippen LogP contribution is 2.07. The molecule has 6 nitrogen and oxygen atoms in total. The van der Waals surface area contributed by atoms with Crippen LogP contribution in [0.4, 0.5) is 5.69 Å². The van der Waals surface area contributed by atoms with Gasteiger partial charge in [0.2, 0.25) is 5.91 Å². The number of hydrogen-bond donors (Lipinski definition) is 3. The van der Waals surface area contributed by atoms with Crippen molar-refractivity contribution >= 4 is 28.8 Å². The van der Waals surface area contributed by atoms with Crippen LogP contribution in [0.2, 0.25) is 0 Å². The lowest BCUT2D eigenvalue weighted by Crippen LogP contribution is -2.39. The summed E-state index contributed by atoms with van der Waals surface area (Å²) in [6.45, 7) is 2.74. The van der Waals surface area contributed by atoms with Gasteiger partial charge in [-0.05, 0) is 19.1 Å². The Morgan fingerprint density at radius 1 is 1.58 bits per heavy atom. The van der Waals surface area contributed by atoms with E-state index in [1.54, 1.807) is 32.4 Å². The van der Waals surface area contributed by atoms with Gasteiger partial charge in [0.05, 0.1) is 24.2 Å². The summed E-state index contributed by atoms with van der Waals surface area (Å²) in [4.78, 5) is 16.0. The van der Waals surface area contributed by atoms with E-state index in [9.17, 15) is 4.79 Å². The molecule has 7 heteroatoms. The molecule has 19 heavy (non-hydrogen) atoms. The van der Waals surface area contributed by atoms with Crippen LogP contribution in [0.25, 0.3) is 0 Å². The summed E-state index contributed by atoms with van der Waals surface area (Å²) in [5.74, 6) is -0.101. The Hall–Kier alpha value is -1.73. The van der Waals surface area contributed by atoms with Crippen LogP contribution in [0.3, 0.4) is 0 Å². The Kier molecular flexibility index (Phi) is 6.17. The van der Waals surface area contributed by atoms with Gasteiger partial charge in [-0.15, -0.1) is 0 Å². The Morgan fingerprint density at radius 3 is 2.84 bits per heavy atom. The standard InChI is InChI=1S/C12H18N4O2S/c1-8(12(17)14-5-6-18-2)16-9-3-4-10(11(13)19)15-7-9/h3-4,7-8,16H,5-6H2,1-2H3,(H2,13,19)(H,14,17). The molecular weight excluding hydrogens is 264 g/mol. The highest BCUT2D eigenvalue weighted by Gasteiger charge is 2.11. The van der Waals surface area contributed by atoms with Crippen LogP contribution in [0, 0.1) is 0 Å². The van der Waals surface area contributed by atoms with Crippen molar-refractivity contribution in [1.82, 2.24) is 10.3 Å². The number of carbonyl (C=O) groups is 1. The van der Waals surface area contributed by atoms with Gasteiger partial charge in [-0.1, -0.05) is 12.2 Å². The lowest BCUT2D eigenvalue weighted by Gasteiger charge is -2.15. The number of pyridine rings is 1. The molecule has 0 aromatic carbocycles. The molecule has 0 aliphatic rings. The molecule has 104 valence electrons. The summed E-state index contributed by atoms with van der Waals surface area (Å²) in [7, 11) is 1.59. The van der Waals surface area contributed by atoms with E-state index >= 15 is 0 Å². The number of carbonyl (C=O) groups excluding carboxylic acids is 1. The quantitative estimate of drug-likeness (QED) is 0.492. The number of anilines is 1. The first kappa shape index (κ1) is 15.3. The molecule has 1 aromatic heterocycles. The second kappa shape index (κ2) is 7.65. The van der Waals surface area contributed by atoms with Crippen molar-refractivity contribution in [2.75, 3.05) is 25.6 Å². The van der Waals surface area contributed by atoms with E-state index in [1.165, 1.54) is 0 Å². The third-order valence-corrected chi connectivity index (χ3v) is 2.61. The largest absolute Gasteiger partial charge is 0.388 e. The molecule has 0 saturated carbocycles. The molecular formula is C12H18N4O2S. The fourth-order valence-corrected chi connectivity index (χ4v) is 1.49. The van der Waals surface area contributed by atoms with Crippen LogP contribution in [-0.2, 0) is 9.53 Å². The summed E-state index contributed by atoms with van der Waals surface area (Å²) in [6, 6.07) is 3.12. The number of methoxy groups -OCH3 is 1. The average Bonchev–Trinajstić information content (AvgIpc) is 2.39. The number of nitrogens with two attached hydrogens (primary N) is 1. The molecule has 0 spiro atoms. The summed E-state index contributed by atoms with van der Waals surface area (Å²) in [5.41, 5.74) is 6.74. The number of thiocarbonyl (C=S) groups is 1. The molecule has 1 atom stereocenters. The average molecular weight is 282 g/mol. The number of nitrogens with zero attached hydrogens (tertiary/aromatic N) is 1.